The highest BCUT2D eigenvalue weighted by Gasteiger charge is 2.35. The molecule has 1 aliphatic heterocycles. The lowest BCUT2D eigenvalue weighted by Crippen LogP contribution is -2.50. The molecule has 1 fully saturated rings. The lowest BCUT2D eigenvalue weighted by molar-refractivity contribution is -0.135. The first-order valence-electron chi connectivity index (χ1n) is 10.3. The van der Waals surface area contributed by atoms with Crippen molar-refractivity contribution in [2.24, 2.45) is 0 Å². The van der Waals surface area contributed by atoms with E-state index in [0.29, 0.717) is 24.9 Å². The number of carbonyl (C=O) groups excluding carboxylic acids is 4. The van der Waals surface area contributed by atoms with Gasteiger partial charge in [0.2, 0.25) is 17.7 Å². The molecule has 1 aromatic carbocycles. The number of thioether (sulfide) groups is 1. The Bertz CT molecular complexity index is 783. The van der Waals surface area contributed by atoms with Crippen LogP contribution in [0.1, 0.15) is 51.0 Å². The van der Waals surface area contributed by atoms with Gasteiger partial charge < -0.3 is 15.5 Å². The van der Waals surface area contributed by atoms with Gasteiger partial charge in [0.05, 0.1) is 0 Å². The molecule has 2 rings (SSSR count). The van der Waals surface area contributed by atoms with Crippen molar-refractivity contribution in [3.05, 3.63) is 29.8 Å². The lowest BCUT2D eigenvalue weighted by atomic mass is 10.1. The maximum Gasteiger partial charge on any atom is 0.246 e. The van der Waals surface area contributed by atoms with Gasteiger partial charge in [-0.15, -0.1) is 0 Å². The number of benzene rings is 1. The van der Waals surface area contributed by atoms with E-state index in [4.69, 9.17) is 0 Å². The van der Waals surface area contributed by atoms with Crippen LogP contribution in [0, 0.1) is 6.92 Å². The van der Waals surface area contributed by atoms with Crippen molar-refractivity contribution in [1.29, 1.82) is 0 Å². The van der Waals surface area contributed by atoms with Crippen molar-refractivity contribution in [1.82, 2.24) is 10.2 Å². The number of nitrogens with one attached hydrogen (secondary N) is 2. The van der Waals surface area contributed by atoms with Crippen LogP contribution in [0.4, 0.5) is 5.69 Å². The molecule has 2 N–H and O–H groups in total. The zero-order valence-electron chi connectivity index (χ0n) is 17.9. The number of rotatable bonds is 10. The predicted molar refractivity (Wildman–Crippen MR) is 119 cm³/mol. The summed E-state index contributed by atoms with van der Waals surface area (Å²) < 4.78 is 0. The Hall–Kier alpha value is -2.35. The average Bonchev–Trinajstić information content (AvgIpc) is 3.02. The second-order valence-electron chi connectivity index (χ2n) is 7.67. The Labute approximate surface area is 182 Å². The zero-order valence-corrected chi connectivity index (χ0v) is 18.7. The monoisotopic (exact) mass is 433 g/mol. The second-order valence-corrected chi connectivity index (χ2v) is 8.94. The van der Waals surface area contributed by atoms with Crippen LogP contribution in [-0.4, -0.2) is 52.6 Å². The van der Waals surface area contributed by atoms with Gasteiger partial charge in [0, 0.05) is 31.8 Å². The molecule has 1 aliphatic rings. The molecule has 0 saturated carbocycles. The number of unbranched alkanes of at least 4 members (excludes halogenated alkanes) is 2. The Morgan fingerprint density at radius 1 is 1.23 bits per heavy atom. The molecule has 8 heteroatoms. The molecule has 1 aromatic rings. The van der Waals surface area contributed by atoms with Crippen molar-refractivity contribution in [2.75, 3.05) is 18.1 Å². The van der Waals surface area contributed by atoms with Gasteiger partial charge in [-0.2, -0.15) is 0 Å². The first-order chi connectivity index (χ1) is 14.3. The largest absolute Gasteiger partial charge is 0.343 e. The summed E-state index contributed by atoms with van der Waals surface area (Å²) in [5.41, 5.74) is 1.72. The number of anilines is 1. The van der Waals surface area contributed by atoms with Gasteiger partial charge in [0.1, 0.15) is 12.1 Å². The van der Waals surface area contributed by atoms with Crippen molar-refractivity contribution >= 4 is 40.3 Å². The zero-order chi connectivity index (χ0) is 22.1. The van der Waals surface area contributed by atoms with Gasteiger partial charge >= 0.3 is 0 Å². The summed E-state index contributed by atoms with van der Waals surface area (Å²) in [6.07, 6.45) is 3.82. The van der Waals surface area contributed by atoms with E-state index in [1.54, 1.807) is 14.0 Å². The topological polar surface area (TPSA) is 95.6 Å². The standard InChI is InChI=1S/C22H31N3O4S/c1-15-8-7-9-17(14-15)23-21(28)18(10-5-4-6-13-30-16(2)26)24-22(29)19-11-12-20(27)25(19)3/h7-9,14,18-19H,4-6,10-13H2,1-3H3,(H,23,28)(H,24,29)/t18-,19+/m0/s1. The van der Waals surface area contributed by atoms with Crippen LogP contribution in [0.3, 0.4) is 0 Å². The van der Waals surface area contributed by atoms with Crippen LogP contribution >= 0.6 is 11.8 Å². The van der Waals surface area contributed by atoms with Crippen molar-refractivity contribution < 1.29 is 19.2 Å². The van der Waals surface area contributed by atoms with Crippen LogP contribution in [0.5, 0.6) is 0 Å². The Balaban J connectivity index is 1.96. The van der Waals surface area contributed by atoms with Gasteiger partial charge in [-0.25, -0.2) is 0 Å². The van der Waals surface area contributed by atoms with Crippen molar-refractivity contribution in [3.8, 4) is 0 Å². The number of likely N-dealkylation sites (N-methyl/N-ethyl adjacent to an activating group) is 1. The van der Waals surface area contributed by atoms with Crippen LogP contribution in [0.2, 0.25) is 0 Å². The maximum atomic E-state index is 12.9. The van der Waals surface area contributed by atoms with E-state index in [1.165, 1.54) is 16.7 Å². The molecule has 7 nitrogen and oxygen atoms in total. The van der Waals surface area contributed by atoms with Crippen LogP contribution in [0.15, 0.2) is 24.3 Å². The molecule has 0 aliphatic carbocycles. The fraction of sp³-hybridized carbons (Fsp3) is 0.545. The maximum absolute atomic E-state index is 12.9. The molecular formula is C22H31N3O4S. The highest BCUT2D eigenvalue weighted by Crippen LogP contribution is 2.18. The minimum Gasteiger partial charge on any atom is -0.343 e. The van der Waals surface area contributed by atoms with Gasteiger partial charge in [-0.05, 0) is 43.9 Å². The Morgan fingerprint density at radius 3 is 2.63 bits per heavy atom. The number of aryl methyl sites for hydroxylation is 1. The molecule has 0 radical (unpaired) electrons. The first kappa shape index (κ1) is 23.9. The summed E-state index contributed by atoms with van der Waals surface area (Å²) in [6.45, 7) is 3.50. The Kier molecular flexibility index (Phi) is 9.36. The van der Waals surface area contributed by atoms with Gasteiger partial charge in [0.15, 0.2) is 5.12 Å². The number of hydrogen-bond acceptors (Lipinski definition) is 5. The van der Waals surface area contributed by atoms with E-state index < -0.39 is 12.1 Å². The normalized spacial score (nSPS) is 17.0. The fourth-order valence-corrected chi connectivity index (χ4v) is 4.08. The highest BCUT2D eigenvalue weighted by atomic mass is 32.2. The summed E-state index contributed by atoms with van der Waals surface area (Å²) in [4.78, 5) is 49.8. The third-order valence-corrected chi connectivity index (χ3v) is 6.06. The molecule has 3 amide bonds. The Morgan fingerprint density at radius 2 is 2.00 bits per heavy atom. The minimum atomic E-state index is -0.678. The number of nitrogens with zero attached hydrogens (tertiary/aromatic N) is 1. The molecule has 0 bridgehead atoms. The van der Waals surface area contributed by atoms with E-state index in [1.807, 2.05) is 31.2 Å². The number of carbonyl (C=O) groups is 4. The molecule has 1 saturated heterocycles. The number of likely N-dealkylation sites (tertiary alicyclic amines) is 1. The van der Waals surface area contributed by atoms with Crippen LogP contribution < -0.4 is 10.6 Å². The predicted octanol–water partition coefficient (Wildman–Crippen LogP) is 2.88. The summed E-state index contributed by atoms with van der Waals surface area (Å²) in [7, 11) is 1.62. The quantitative estimate of drug-likeness (QED) is 0.553. The third-order valence-electron chi connectivity index (χ3n) is 5.16. The summed E-state index contributed by atoms with van der Waals surface area (Å²) in [5.74, 6) is 0.148. The van der Waals surface area contributed by atoms with Gasteiger partial charge in [0.25, 0.3) is 0 Å². The van der Waals surface area contributed by atoms with E-state index in [9.17, 15) is 19.2 Å². The molecule has 0 spiro atoms. The summed E-state index contributed by atoms with van der Waals surface area (Å²) in [6, 6.07) is 6.29. The van der Waals surface area contributed by atoms with Crippen molar-refractivity contribution in [2.45, 2.75) is 64.5 Å². The first-order valence-corrected chi connectivity index (χ1v) is 11.3. The van der Waals surface area contributed by atoms with E-state index in [2.05, 4.69) is 10.6 Å². The molecular weight excluding hydrogens is 402 g/mol. The average molecular weight is 434 g/mol. The molecule has 30 heavy (non-hydrogen) atoms. The van der Waals surface area contributed by atoms with E-state index in [0.717, 1.165) is 30.6 Å². The molecule has 2 atom stereocenters. The second kappa shape index (κ2) is 11.7. The van der Waals surface area contributed by atoms with Crippen LogP contribution in [-0.2, 0) is 19.2 Å². The highest BCUT2D eigenvalue weighted by molar-refractivity contribution is 8.13. The van der Waals surface area contributed by atoms with Gasteiger partial charge in [-0.3, -0.25) is 19.2 Å². The molecule has 164 valence electrons. The smallest absolute Gasteiger partial charge is 0.246 e. The van der Waals surface area contributed by atoms with Crippen molar-refractivity contribution in [3.63, 3.8) is 0 Å². The number of amides is 3. The molecule has 0 aromatic heterocycles. The molecule has 0 unspecified atom stereocenters. The van der Waals surface area contributed by atoms with Gasteiger partial charge in [-0.1, -0.05) is 36.7 Å². The molecule has 1 heterocycles. The van der Waals surface area contributed by atoms with E-state index in [-0.39, 0.29) is 22.8 Å². The van der Waals surface area contributed by atoms with E-state index >= 15 is 0 Å². The fourth-order valence-electron chi connectivity index (χ4n) is 3.44. The third kappa shape index (κ3) is 7.48. The minimum absolute atomic E-state index is 0.0566. The summed E-state index contributed by atoms with van der Waals surface area (Å²) in [5, 5.41) is 5.84. The van der Waals surface area contributed by atoms with Crippen LogP contribution in [0.25, 0.3) is 0 Å². The number of hydrogen-bond donors (Lipinski definition) is 2. The lowest BCUT2D eigenvalue weighted by Gasteiger charge is -2.24. The summed E-state index contributed by atoms with van der Waals surface area (Å²) >= 11 is 1.30. The SMILES string of the molecule is CC(=O)SCCCCC[C@H](NC(=O)[C@H]1CCC(=O)N1C)C(=O)Nc1cccc(C)c1.